The third-order valence-electron chi connectivity index (χ3n) is 2.30. The van der Waals surface area contributed by atoms with Crippen LogP contribution in [0.2, 0.25) is 0 Å². The minimum Gasteiger partial charge on any atom is -0.341 e. The van der Waals surface area contributed by atoms with Crippen molar-refractivity contribution >= 4 is 0 Å². The highest BCUT2D eigenvalue weighted by atomic mass is 14.9. The van der Waals surface area contributed by atoms with Crippen molar-refractivity contribution in [2.45, 2.75) is 25.8 Å². The average molecular weight is 217 g/mol. The number of nitrogens with two attached hydrogens (primary N) is 1. The molecule has 5 nitrogen and oxygen atoms in total. The lowest BCUT2D eigenvalue weighted by molar-refractivity contribution is 0.652. The maximum atomic E-state index is 5.69. The average Bonchev–Trinajstić information content (AvgIpc) is 2.76. The fourth-order valence-corrected chi connectivity index (χ4v) is 1.42. The van der Waals surface area contributed by atoms with Crippen LogP contribution in [0.4, 0.5) is 0 Å². The van der Waals surface area contributed by atoms with Crippen LogP contribution in [-0.2, 0) is 6.42 Å². The first kappa shape index (κ1) is 10.8. The first-order valence-electron chi connectivity index (χ1n) is 5.31. The lowest BCUT2D eigenvalue weighted by atomic mass is 10.2. The molecule has 2 heterocycles. The van der Waals surface area contributed by atoms with Crippen molar-refractivity contribution in [2.24, 2.45) is 5.73 Å². The Morgan fingerprint density at radius 3 is 2.88 bits per heavy atom. The van der Waals surface area contributed by atoms with Gasteiger partial charge < -0.3 is 10.7 Å². The van der Waals surface area contributed by atoms with Crippen molar-refractivity contribution < 1.29 is 0 Å². The molecule has 0 radical (unpaired) electrons. The van der Waals surface area contributed by atoms with Crippen molar-refractivity contribution in [3.63, 3.8) is 0 Å². The van der Waals surface area contributed by atoms with Gasteiger partial charge >= 0.3 is 0 Å². The first-order valence-corrected chi connectivity index (χ1v) is 5.31. The van der Waals surface area contributed by atoms with Gasteiger partial charge in [-0.05, 0) is 13.3 Å². The summed E-state index contributed by atoms with van der Waals surface area (Å²) in [5.41, 5.74) is 7.40. The van der Waals surface area contributed by atoms with Gasteiger partial charge in [0.05, 0.1) is 18.1 Å². The number of H-pyrrole nitrogens is 1. The topological polar surface area (TPSA) is 80.5 Å². The SMILES string of the molecule is CC(N)CCc1ncc(-c2cnccn2)[nH]1. The second-order valence-corrected chi connectivity index (χ2v) is 3.85. The summed E-state index contributed by atoms with van der Waals surface area (Å²) in [6.07, 6.45) is 8.59. The predicted molar refractivity (Wildman–Crippen MR) is 61.6 cm³/mol. The molecule has 84 valence electrons. The Kier molecular flexibility index (Phi) is 3.26. The van der Waals surface area contributed by atoms with Crippen molar-refractivity contribution in [1.29, 1.82) is 0 Å². The Morgan fingerprint density at radius 2 is 2.19 bits per heavy atom. The second kappa shape index (κ2) is 4.85. The quantitative estimate of drug-likeness (QED) is 0.805. The van der Waals surface area contributed by atoms with Crippen LogP contribution in [0.25, 0.3) is 11.4 Å². The van der Waals surface area contributed by atoms with E-state index in [0.717, 1.165) is 30.1 Å². The van der Waals surface area contributed by atoms with E-state index < -0.39 is 0 Å². The maximum Gasteiger partial charge on any atom is 0.106 e. The Bertz CT molecular complexity index is 435. The van der Waals surface area contributed by atoms with Gasteiger partial charge in [-0.25, -0.2) is 4.98 Å². The Labute approximate surface area is 94.2 Å². The number of imidazole rings is 1. The van der Waals surface area contributed by atoms with E-state index in [1.807, 2.05) is 6.92 Å². The molecule has 0 amide bonds. The molecule has 16 heavy (non-hydrogen) atoms. The van der Waals surface area contributed by atoms with Gasteiger partial charge in [-0.2, -0.15) is 0 Å². The molecule has 0 saturated heterocycles. The van der Waals surface area contributed by atoms with Crippen LogP contribution >= 0.6 is 0 Å². The summed E-state index contributed by atoms with van der Waals surface area (Å²) in [6.45, 7) is 1.99. The van der Waals surface area contributed by atoms with Gasteiger partial charge in [0, 0.05) is 24.9 Å². The summed E-state index contributed by atoms with van der Waals surface area (Å²) in [6, 6.07) is 0.199. The standard InChI is InChI=1S/C11H15N5/c1-8(12)2-3-11-15-7-10(16-11)9-6-13-4-5-14-9/h4-8H,2-3,12H2,1H3,(H,15,16). The monoisotopic (exact) mass is 217 g/mol. The largest absolute Gasteiger partial charge is 0.341 e. The number of aromatic amines is 1. The summed E-state index contributed by atoms with van der Waals surface area (Å²) in [5, 5.41) is 0. The lowest BCUT2D eigenvalue weighted by Gasteiger charge is -2.01. The van der Waals surface area contributed by atoms with E-state index >= 15 is 0 Å². The predicted octanol–water partition coefficient (Wildman–Crippen LogP) is 1.15. The molecule has 0 aromatic carbocycles. The molecule has 2 rings (SSSR count). The molecule has 2 aromatic heterocycles. The van der Waals surface area contributed by atoms with Gasteiger partial charge in [0.25, 0.3) is 0 Å². The highest BCUT2D eigenvalue weighted by molar-refractivity contribution is 5.51. The third-order valence-corrected chi connectivity index (χ3v) is 2.30. The smallest absolute Gasteiger partial charge is 0.106 e. The van der Waals surface area contributed by atoms with Crippen LogP contribution in [0, 0.1) is 0 Å². The molecule has 0 aliphatic carbocycles. The normalized spacial score (nSPS) is 12.6. The summed E-state index contributed by atoms with van der Waals surface area (Å²) < 4.78 is 0. The molecule has 0 aliphatic heterocycles. The Hall–Kier alpha value is -1.75. The van der Waals surface area contributed by atoms with Gasteiger partial charge in [0.1, 0.15) is 11.5 Å². The number of hydrogen-bond donors (Lipinski definition) is 2. The molecule has 1 atom stereocenters. The van der Waals surface area contributed by atoms with Crippen LogP contribution in [0.15, 0.2) is 24.8 Å². The van der Waals surface area contributed by atoms with E-state index in [-0.39, 0.29) is 6.04 Å². The molecule has 0 fully saturated rings. The zero-order chi connectivity index (χ0) is 11.4. The van der Waals surface area contributed by atoms with Crippen LogP contribution in [0.1, 0.15) is 19.2 Å². The van der Waals surface area contributed by atoms with E-state index in [0.29, 0.717) is 0 Å². The van der Waals surface area contributed by atoms with Gasteiger partial charge in [0.15, 0.2) is 0 Å². The van der Waals surface area contributed by atoms with Gasteiger partial charge in [0.2, 0.25) is 0 Å². The van der Waals surface area contributed by atoms with E-state index in [4.69, 9.17) is 5.73 Å². The number of rotatable bonds is 4. The van der Waals surface area contributed by atoms with Crippen molar-refractivity contribution in [3.8, 4) is 11.4 Å². The van der Waals surface area contributed by atoms with E-state index in [9.17, 15) is 0 Å². The number of aromatic nitrogens is 4. The Balaban J connectivity index is 2.08. The zero-order valence-corrected chi connectivity index (χ0v) is 9.22. The first-order chi connectivity index (χ1) is 7.75. The molecule has 0 spiro atoms. The molecule has 2 aromatic rings. The van der Waals surface area contributed by atoms with E-state index in [1.165, 1.54) is 0 Å². The number of hydrogen-bond acceptors (Lipinski definition) is 4. The fraction of sp³-hybridized carbons (Fsp3) is 0.364. The second-order valence-electron chi connectivity index (χ2n) is 3.85. The van der Waals surface area contributed by atoms with Crippen molar-refractivity contribution in [2.75, 3.05) is 0 Å². The van der Waals surface area contributed by atoms with Gasteiger partial charge in [-0.1, -0.05) is 0 Å². The van der Waals surface area contributed by atoms with Crippen LogP contribution in [-0.4, -0.2) is 26.0 Å². The van der Waals surface area contributed by atoms with Crippen LogP contribution in [0.3, 0.4) is 0 Å². The van der Waals surface area contributed by atoms with E-state index in [1.54, 1.807) is 24.8 Å². The molecule has 0 aliphatic rings. The molecular weight excluding hydrogens is 202 g/mol. The number of nitrogens with one attached hydrogen (secondary N) is 1. The highest BCUT2D eigenvalue weighted by Crippen LogP contribution is 2.12. The third kappa shape index (κ3) is 2.64. The van der Waals surface area contributed by atoms with Gasteiger partial charge in [-0.15, -0.1) is 0 Å². The van der Waals surface area contributed by atoms with E-state index in [2.05, 4.69) is 19.9 Å². The summed E-state index contributed by atoms with van der Waals surface area (Å²) in [5.74, 6) is 0.943. The van der Waals surface area contributed by atoms with Crippen LogP contribution in [0.5, 0.6) is 0 Å². The summed E-state index contributed by atoms with van der Waals surface area (Å²) in [7, 11) is 0. The summed E-state index contributed by atoms with van der Waals surface area (Å²) in [4.78, 5) is 15.7. The van der Waals surface area contributed by atoms with Crippen molar-refractivity contribution in [1.82, 2.24) is 19.9 Å². The number of nitrogens with zero attached hydrogens (tertiary/aromatic N) is 3. The highest BCUT2D eigenvalue weighted by Gasteiger charge is 2.04. The van der Waals surface area contributed by atoms with Gasteiger partial charge in [-0.3, -0.25) is 9.97 Å². The zero-order valence-electron chi connectivity index (χ0n) is 9.22. The molecule has 0 saturated carbocycles. The maximum absolute atomic E-state index is 5.69. The molecule has 0 bridgehead atoms. The molecule has 1 unspecified atom stereocenters. The lowest BCUT2D eigenvalue weighted by Crippen LogP contribution is -2.15. The molecule has 5 heteroatoms. The summed E-state index contributed by atoms with van der Waals surface area (Å²) >= 11 is 0. The molecular formula is C11H15N5. The minimum absolute atomic E-state index is 0.199. The Morgan fingerprint density at radius 1 is 1.31 bits per heavy atom. The number of aryl methyl sites for hydroxylation is 1. The van der Waals surface area contributed by atoms with Crippen molar-refractivity contribution in [3.05, 3.63) is 30.6 Å². The minimum atomic E-state index is 0.199. The van der Waals surface area contributed by atoms with Crippen LogP contribution < -0.4 is 5.73 Å². The fourth-order valence-electron chi connectivity index (χ4n) is 1.42. The molecule has 3 N–H and O–H groups in total.